The summed E-state index contributed by atoms with van der Waals surface area (Å²) >= 11 is 5.44. The van der Waals surface area contributed by atoms with Crippen molar-refractivity contribution in [3.05, 3.63) is 28.8 Å². The number of halogens is 2. The Morgan fingerprint density at radius 1 is 1.23 bits per heavy atom. The van der Waals surface area contributed by atoms with Crippen molar-refractivity contribution in [3.63, 3.8) is 0 Å². The Hall–Kier alpha value is -0.630. The van der Waals surface area contributed by atoms with Gasteiger partial charge in [0.15, 0.2) is 0 Å². The van der Waals surface area contributed by atoms with E-state index in [-0.39, 0.29) is 5.82 Å². The highest BCUT2D eigenvalue weighted by atomic mass is 35.5. The average molecular weight is 206 g/mol. The van der Waals surface area contributed by atoms with E-state index in [9.17, 15) is 4.39 Å². The van der Waals surface area contributed by atoms with Gasteiger partial charge in [0.2, 0.25) is 0 Å². The maximum Gasteiger partial charge on any atom is 0.144 e. The van der Waals surface area contributed by atoms with Crippen LogP contribution in [0, 0.1) is 12.7 Å². The second-order valence-electron chi connectivity index (χ2n) is 1.76. The third-order valence-electron chi connectivity index (χ3n) is 1.01. The number of pyridine rings is 1. The molecule has 0 bridgehead atoms. The molecular weight excluding hydrogens is 189 g/mol. The predicted octanol–water partition coefficient (Wildman–Crippen LogP) is 4.23. The van der Waals surface area contributed by atoms with Gasteiger partial charge in [-0.05, 0) is 18.6 Å². The molecule has 0 aromatic carbocycles. The van der Waals surface area contributed by atoms with Crippen LogP contribution in [0.2, 0.25) is 5.15 Å². The first-order chi connectivity index (χ1) is 6.20. The second-order valence-corrected chi connectivity index (χ2v) is 2.14. The third-order valence-corrected chi connectivity index (χ3v) is 1.22. The Morgan fingerprint density at radius 2 is 1.69 bits per heavy atom. The highest BCUT2D eigenvalue weighted by Gasteiger charge is 1.95. The van der Waals surface area contributed by atoms with Gasteiger partial charge in [-0.15, -0.1) is 0 Å². The summed E-state index contributed by atoms with van der Waals surface area (Å²) in [7, 11) is 0. The SMILES string of the molecule is CC.CC.Cc1cc(Cl)ncc1F. The van der Waals surface area contributed by atoms with E-state index in [4.69, 9.17) is 11.6 Å². The van der Waals surface area contributed by atoms with Gasteiger partial charge in [0.25, 0.3) is 0 Å². The molecule has 0 unspecified atom stereocenters. The summed E-state index contributed by atoms with van der Waals surface area (Å²) in [5.41, 5.74) is 0.523. The molecule has 1 nitrogen and oxygen atoms in total. The standard InChI is InChI=1S/C6H5ClFN.2C2H6/c1-4-2-6(7)9-3-5(4)8;2*1-2/h2-3H,1H3;2*1-2H3. The zero-order valence-electron chi connectivity index (χ0n) is 8.86. The van der Waals surface area contributed by atoms with Crippen LogP contribution in [0.5, 0.6) is 0 Å². The van der Waals surface area contributed by atoms with Gasteiger partial charge in [0.1, 0.15) is 11.0 Å². The number of aryl methyl sites for hydroxylation is 1. The van der Waals surface area contributed by atoms with Gasteiger partial charge in [-0.3, -0.25) is 0 Å². The molecule has 0 aliphatic carbocycles. The highest BCUT2D eigenvalue weighted by molar-refractivity contribution is 6.29. The van der Waals surface area contributed by atoms with Gasteiger partial charge < -0.3 is 0 Å². The maximum atomic E-state index is 12.4. The lowest BCUT2D eigenvalue weighted by Gasteiger charge is -1.92. The molecule has 0 saturated heterocycles. The summed E-state index contributed by atoms with van der Waals surface area (Å²) < 4.78 is 12.4. The first kappa shape index (κ1) is 14.9. The number of aromatic nitrogens is 1. The molecule has 0 spiro atoms. The lowest BCUT2D eigenvalue weighted by atomic mass is 10.3. The second kappa shape index (κ2) is 9.46. The van der Waals surface area contributed by atoms with Crippen LogP contribution in [-0.2, 0) is 0 Å². The monoisotopic (exact) mass is 205 g/mol. The minimum atomic E-state index is -0.320. The fourth-order valence-corrected chi connectivity index (χ4v) is 0.717. The van der Waals surface area contributed by atoms with Crippen molar-refractivity contribution in [1.82, 2.24) is 4.98 Å². The fourth-order valence-electron chi connectivity index (χ4n) is 0.505. The van der Waals surface area contributed by atoms with Crippen LogP contribution in [0.4, 0.5) is 4.39 Å². The Morgan fingerprint density at radius 3 is 2.00 bits per heavy atom. The van der Waals surface area contributed by atoms with Crippen LogP contribution < -0.4 is 0 Å². The molecule has 1 aromatic heterocycles. The quantitative estimate of drug-likeness (QED) is 0.578. The first-order valence-corrected chi connectivity index (χ1v) is 4.85. The van der Waals surface area contributed by atoms with Crippen LogP contribution in [0.1, 0.15) is 33.3 Å². The minimum Gasteiger partial charge on any atom is -0.242 e. The topological polar surface area (TPSA) is 12.9 Å². The molecule has 1 rings (SSSR count). The summed E-state index contributed by atoms with van der Waals surface area (Å²) in [5, 5.41) is 0.328. The zero-order chi connectivity index (χ0) is 10.9. The molecule has 0 saturated carbocycles. The van der Waals surface area contributed by atoms with Crippen molar-refractivity contribution >= 4 is 11.6 Å². The van der Waals surface area contributed by atoms with E-state index in [1.807, 2.05) is 27.7 Å². The number of hydrogen-bond acceptors (Lipinski definition) is 1. The Balaban J connectivity index is 0. The third kappa shape index (κ3) is 6.52. The van der Waals surface area contributed by atoms with E-state index in [1.165, 1.54) is 6.07 Å². The summed E-state index contributed by atoms with van der Waals surface area (Å²) in [4.78, 5) is 3.53. The van der Waals surface area contributed by atoms with Crippen LogP contribution in [0.15, 0.2) is 12.3 Å². The molecule has 0 aliphatic rings. The average Bonchev–Trinajstić information content (AvgIpc) is 2.18. The van der Waals surface area contributed by atoms with Crippen LogP contribution in [0.25, 0.3) is 0 Å². The van der Waals surface area contributed by atoms with Crippen LogP contribution in [-0.4, -0.2) is 4.98 Å². The molecule has 76 valence electrons. The summed E-state index contributed by atoms with van der Waals surface area (Å²) in [6.45, 7) is 9.64. The highest BCUT2D eigenvalue weighted by Crippen LogP contribution is 2.09. The maximum absolute atomic E-state index is 12.4. The molecule has 0 fully saturated rings. The normalized spacial score (nSPS) is 7.62. The summed E-state index contributed by atoms with van der Waals surface area (Å²) in [6.07, 6.45) is 1.11. The molecule has 13 heavy (non-hydrogen) atoms. The lowest BCUT2D eigenvalue weighted by Crippen LogP contribution is -1.83. The Kier molecular flexibility index (Phi) is 10.8. The molecular formula is C10H17ClFN. The van der Waals surface area contributed by atoms with E-state index in [2.05, 4.69) is 4.98 Å². The van der Waals surface area contributed by atoms with Gasteiger partial charge in [-0.25, -0.2) is 9.37 Å². The Bertz CT molecular complexity index is 226. The molecule has 0 radical (unpaired) electrons. The predicted molar refractivity (Wildman–Crippen MR) is 56.6 cm³/mol. The molecule has 1 aromatic rings. The van der Waals surface area contributed by atoms with E-state index < -0.39 is 0 Å². The largest absolute Gasteiger partial charge is 0.242 e. The molecule has 1 heterocycles. The summed E-state index contributed by atoms with van der Waals surface area (Å²) in [6, 6.07) is 1.48. The molecule has 0 amide bonds. The van der Waals surface area contributed by atoms with E-state index >= 15 is 0 Å². The Labute approximate surface area is 85.0 Å². The van der Waals surface area contributed by atoms with Crippen molar-refractivity contribution in [2.45, 2.75) is 34.6 Å². The van der Waals surface area contributed by atoms with Crippen molar-refractivity contribution in [2.24, 2.45) is 0 Å². The van der Waals surface area contributed by atoms with Gasteiger partial charge in [0, 0.05) is 0 Å². The van der Waals surface area contributed by atoms with E-state index in [0.717, 1.165) is 6.20 Å². The number of hydrogen-bond donors (Lipinski definition) is 0. The first-order valence-electron chi connectivity index (χ1n) is 4.48. The van der Waals surface area contributed by atoms with Gasteiger partial charge >= 0.3 is 0 Å². The van der Waals surface area contributed by atoms with Crippen molar-refractivity contribution < 1.29 is 4.39 Å². The van der Waals surface area contributed by atoms with Gasteiger partial charge in [-0.1, -0.05) is 39.3 Å². The molecule has 0 N–H and O–H groups in total. The lowest BCUT2D eigenvalue weighted by molar-refractivity contribution is 0.612. The van der Waals surface area contributed by atoms with Gasteiger partial charge in [-0.2, -0.15) is 0 Å². The number of rotatable bonds is 0. The molecule has 0 aliphatic heterocycles. The van der Waals surface area contributed by atoms with E-state index in [0.29, 0.717) is 10.7 Å². The van der Waals surface area contributed by atoms with Gasteiger partial charge in [0.05, 0.1) is 6.20 Å². The fraction of sp³-hybridized carbons (Fsp3) is 0.500. The molecule has 0 atom stereocenters. The molecule has 3 heteroatoms. The van der Waals surface area contributed by atoms with Crippen molar-refractivity contribution in [2.75, 3.05) is 0 Å². The van der Waals surface area contributed by atoms with Crippen molar-refractivity contribution in [1.29, 1.82) is 0 Å². The van der Waals surface area contributed by atoms with Crippen LogP contribution in [0.3, 0.4) is 0 Å². The van der Waals surface area contributed by atoms with E-state index in [1.54, 1.807) is 6.92 Å². The number of nitrogens with zero attached hydrogens (tertiary/aromatic N) is 1. The van der Waals surface area contributed by atoms with Crippen LogP contribution >= 0.6 is 11.6 Å². The zero-order valence-corrected chi connectivity index (χ0v) is 9.61. The van der Waals surface area contributed by atoms with Crippen molar-refractivity contribution in [3.8, 4) is 0 Å². The smallest absolute Gasteiger partial charge is 0.144 e. The minimum absolute atomic E-state index is 0.320. The summed E-state index contributed by atoms with van der Waals surface area (Å²) in [5.74, 6) is -0.320.